The van der Waals surface area contributed by atoms with E-state index in [0.29, 0.717) is 54.6 Å². The lowest BCUT2D eigenvalue weighted by atomic mass is 9.62. The molecule has 0 amide bonds. The van der Waals surface area contributed by atoms with Crippen molar-refractivity contribution in [1.29, 1.82) is 0 Å². The Morgan fingerprint density at radius 2 is 1.50 bits per heavy atom. The molecule has 3 aliphatic carbocycles. The molecule has 2 bridgehead atoms. The molecular formula is C31H48Cl3FN2O. The molecule has 7 heteroatoms. The molecule has 0 aromatic heterocycles. The lowest BCUT2D eigenvalue weighted by Gasteiger charge is -2.54. The average molecular weight is 590 g/mol. The zero-order chi connectivity index (χ0) is 26.7. The van der Waals surface area contributed by atoms with Crippen LogP contribution in [-0.4, -0.2) is 67.6 Å². The van der Waals surface area contributed by atoms with Crippen LogP contribution >= 0.6 is 34.8 Å². The third kappa shape index (κ3) is 5.18. The summed E-state index contributed by atoms with van der Waals surface area (Å²) in [7, 11) is 0. The van der Waals surface area contributed by atoms with Gasteiger partial charge in [-0.05, 0) is 127 Å². The number of piperidine rings is 1. The lowest BCUT2D eigenvalue weighted by molar-refractivity contribution is -0.0372. The maximum absolute atomic E-state index is 14.3. The summed E-state index contributed by atoms with van der Waals surface area (Å²) < 4.78 is 14.3. The van der Waals surface area contributed by atoms with E-state index < -0.39 is 12.4 Å². The van der Waals surface area contributed by atoms with Crippen molar-refractivity contribution in [3.05, 3.63) is 11.3 Å². The Morgan fingerprint density at radius 1 is 0.816 bits per heavy atom. The number of alkyl halides is 4. The number of halogens is 4. The molecule has 0 radical (unpaired) electrons. The summed E-state index contributed by atoms with van der Waals surface area (Å²) >= 11 is 20.9. The van der Waals surface area contributed by atoms with E-state index in [1.54, 1.807) is 0 Å². The molecule has 3 aliphatic heterocycles. The van der Waals surface area contributed by atoms with Crippen LogP contribution in [0.1, 0.15) is 104 Å². The maximum Gasteiger partial charge on any atom is 0.127 e. The van der Waals surface area contributed by atoms with Crippen molar-refractivity contribution < 1.29 is 9.50 Å². The normalized spacial score (nSPS) is 48.5. The molecule has 6 rings (SSSR count). The van der Waals surface area contributed by atoms with E-state index >= 15 is 0 Å². The van der Waals surface area contributed by atoms with Crippen molar-refractivity contribution in [2.45, 2.75) is 156 Å². The van der Waals surface area contributed by atoms with Crippen molar-refractivity contribution in [3.63, 3.8) is 0 Å². The zero-order valence-electron chi connectivity index (χ0n) is 23.3. The van der Waals surface area contributed by atoms with Crippen LogP contribution in [0.4, 0.5) is 4.39 Å². The van der Waals surface area contributed by atoms with Gasteiger partial charge in [0.05, 0.1) is 16.8 Å². The van der Waals surface area contributed by atoms with Crippen molar-refractivity contribution in [1.82, 2.24) is 9.80 Å². The first-order valence-electron chi connectivity index (χ1n) is 15.7. The van der Waals surface area contributed by atoms with Gasteiger partial charge in [0.15, 0.2) is 0 Å². The number of aliphatic hydroxyl groups excluding tert-OH is 1. The highest BCUT2D eigenvalue weighted by atomic mass is 35.5. The molecule has 10 atom stereocenters. The van der Waals surface area contributed by atoms with E-state index in [-0.39, 0.29) is 22.2 Å². The SMILES string of the molecule is CC(C)N1C2CCC1CC(C1CC3=C(CCC(O)N3C3C(Cl)CCCC3Cl)C(C3CCC(F)CC3Cl)C1)C2. The third-order valence-corrected chi connectivity index (χ3v) is 13.0. The summed E-state index contributed by atoms with van der Waals surface area (Å²) in [5.41, 5.74) is 2.85. The fraction of sp³-hybridized carbons (Fsp3) is 0.935. The summed E-state index contributed by atoms with van der Waals surface area (Å²) in [6, 6.07) is 2.01. The summed E-state index contributed by atoms with van der Waals surface area (Å²) in [6.07, 6.45) is 12.8. The maximum atomic E-state index is 14.3. The Morgan fingerprint density at radius 3 is 2.13 bits per heavy atom. The molecule has 3 heterocycles. The van der Waals surface area contributed by atoms with Crippen LogP contribution in [0, 0.1) is 23.7 Å². The van der Waals surface area contributed by atoms with E-state index in [9.17, 15) is 9.50 Å². The van der Waals surface area contributed by atoms with E-state index in [2.05, 4.69) is 23.6 Å². The van der Waals surface area contributed by atoms with Crippen molar-refractivity contribution in [3.8, 4) is 0 Å². The van der Waals surface area contributed by atoms with Gasteiger partial charge in [-0.25, -0.2) is 4.39 Å². The fourth-order valence-corrected chi connectivity index (χ4v) is 11.4. The Balaban J connectivity index is 1.34. The van der Waals surface area contributed by atoms with Crippen molar-refractivity contribution in [2.24, 2.45) is 23.7 Å². The highest BCUT2D eigenvalue weighted by Crippen LogP contribution is 2.54. The molecule has 10 unspecified atom stereocenters. The predicted molar refractivity (Wildman–Crippen MR) is 156 cm³/mol. The highest BCUT2D eigenvalue weighted by molar-refractivity contribution is 6.24. The number of hydrogen-bond donors (Lipinski definition) is 1. The van der Waals surface area contributed by atoms with Crippen LogP contribution in [0.25, 0.3) is 0 Å². The molecule has 38 heavy (non-hydrogen) atoms. The van der Waals surface area contributed by atoms with Crippen LogP contribution < -0.4 is 0 Å². The summed E-state index contributed by atoms with van der Waals surface area (Å²) in [5.74, 6) is 2.00. The first-order chi connectivity index (χ1) is 18.2. The van der Waals surface area contributed by atoms with Crippen LogP contribution in [0.2, 0.25) is 0 Å². The Labute approximate surface area is 244 Å². The number of allylic oxidation sites excluding steroid dienone is 2. The third-order valence-electron chi connectivity index (χ3n) is 11.5. The zero-order valence-corrected chi connectivity index (χ0v) is 25.5. The molecule has 4 fully saturated rings. The van der Waals surface area contributed by atoms with Gasteiger partial charge in [0, 0.05) is 29.2 Å². The Kier molecular flexibility index (Phi) is 8.59. The molecule has 216 valence electrons. The van der Waals surface area contributed by atoms with Gasteiger partial charge in [-0.15, -0.1) is 34.8 Å². The second-order valence-electron chi connectivity index (χ2n) is 13.9. The molecule has 2 saturated heterocycles. The molecule has 2 saturated carbocycles. The second-order valence-corrected chi connectivity index (χ2v) is 15.6. The summed E-state index contributed by atoms with van der Waals surface area (Å²) in [4.78, 5) is 5.10. The number of hydrogen-bond acceptors (Lipinski definition) is 3. The van der Waals surface area contributed by atoms with Gasteiger partial charge < -0.3 is 10.0 Å². The minimum Gasteiger partial charge on any atom is -0.374 e. The molecule has 6 aliphatic rings. The van der Waals surface area contributed by atoms with Crippen LogP contribution in [0.3, 0.4) is 0 Å². The summed E-state index contributed by atoms with van der Waals surface area (Å²) in [5, 5.41) is 11.3. The number of aliphatic hydroxyl groups is 1. The van der Waals surface area contributed by atoms with Gasteiger partial charge >= 0.3 is 0 Å². The lowest BCUT2D eigenvalue weighted by Crippen LogP contribution is -2.56. The van der Waals surface area contributed by atoms with E-state index in [1.807, 2.05) is 0 Å². The molecule has 0 aromatic carbocycles. The van der Waals surface area contributed by atoms with E-state index in [0.717, 1.165) is 44.9 Å². The van der Waals surface area contributed by atoms with Crippen LogP contribution in [0.5, 0.6) is 0 Å². The first-order valence-corrected chi connectivity index (χ1v) is 17.1. The minimum absolute atomic E-state index is 0.0286. The van der Waals surface area contributed by atoms with Gasteiger partial charge in [0.25, 0.3) is 0 Å². The van der Waals surface area contributed by atoms with Crippen molar-refractivity contribution >= 4 is 34.8 Å². The first kappa shape index (κ1) is 28.4. The second kappa shape index (κ2) is 11.5. The monoisotopic (exact) mass is 588 g/mol. The largest absolute Gasteiger partial charge is 0.374 e. The van der Waals surface area contributed by atoms with Gasteiger partial charge in [0.2, 0.25) is 0 Å². The summed E-state index contributed by atoms with van der Waals surface area (Å²) in [6.45, 7) is 4.72. The minimum atomic E-state index is -0.765. The number of nitrogens with zero attached hydrogens (tertiary/aromatic N) is 2. The molecule has 1 N–H and O–H groups in total. The molecular weight excluding hydrogens is 542 g/mol. The highest BCUT2D eigenvalue weighted by Gasteiger charge is 2.50. The van der Waals surface area contributed by atoms with Gasteiger partial charge in [-0.3, -0.25) is 4.90 Å². The topological polar surface area (TPSA) is 26.7 Å². The van der Waals surface area contributed by atoms with Crippen molar-refractivity contribution in [2.75, 3.05) is 0 Å². The Hall–Kier alpha value is 0.260. The van der Waals surface area contributed by atoms with Crippen LogP contribution in [0.15, 0.2) is 11.3 Å². The predicted octanol–water partition coefficient (Wildman–Crippen LogP) is 7.85. The smallest absolute Gasteiger partial charge is 0.127 e. The van der Waals surface area contributed by atoms with Crippen LogP contribution in [-0.2, 0) is 0 Å². The van der Waals surface area contributed by atoms with Gasteiger partial charge in [0.1, 0.15) is 12.4 Å². The van der Waals surface area contributed by atoms with E-state index in [4.69, 9.17) is 34.8 Å². The standard InChI is InChI=1S/C31H48Cl3FN2O/c1-17(2)36-21-7-8-22(36)13-18(12-21)19-14-25(23-9-6-20(35)16-28(23)34)24-10-11-30(38)37(29(24)15-19)31-26(32)4-3-5-27(31)33/h17-23,25-28,30-31,38H,3-16H2,1-2H3. The average Bonchev–Trinajstić information content (AvgIpc) is 3.14. The quantitative estimate of drug-likeness (QED) is 0.338. The van der Waals surface area contributed by atoms with Gasteiger partial charge in [-0.1, -0.05) is 6.42 Å². The Bertz CT molecular complexity index is 863. The molecule has 3 nitrogen and oxygen atoms in total. The fourth-order valence-electron chi connectivity index (χ4n) is 9.97. The molecule has 0 aromatic rings. The van der Waals surface area contributed by atoms with E-state index in [1.165, 1.54) is 43.4 Å². The molecule has 0 spiro atoms. The number of rotatable bonds is 4. The van der Waals surface area contributed by atoms with Gasteiger partial charge in [-0.2, -0.15) is 0 Å². The number of fused-ring (bicyclic) bond motifs is 2.